The summed E-state index contributed by atoms with van der Waals surface area (Å²) in [5.74, 6) is -0.272. The lowest BCUT2D eigenvalue weighted by molar-refractivity contribution is -0.141. The summed E-state index contributed by atoms with van der Waals surface area (Å²) in [6.45, 7) is 8.17. The fourth-order valence-electron chi connectivity index (χ4n) is 1.75. The van der Waals surface area contributed by atoms with Crippen molar-refractivity contribution in [2.24, 2.45) is 11.8 Å². The Labute approximate surface area is 91.2 Å². The van der Waals surface area contributed by atoms with Crippen LogP contribution >= 0.6 is 0 Å². The first-order chi connectivity index (χ1) is 7.09. The van der Waals surface area contributed by atoms with E-state index in [1.165, 1.54) is 0 Å². The Morgan fingerprint density at radius 3 is 2.87 bits per heavy atom. The van der Waals surface area contributed by atoms with E-state index in [-0.39, 0.29) is 5.92 Å². The first-order valence-electron chi connectivity index (χ1n) is 5.62. The zero-order chi connectivity index (χ0) is 11.3. The van der Waals surface area contributed by atoms with Crippen LogP contribution in [0.5, 0.6) is 0 Å². The number of nitrogens with zero attached hydrogens (tertiary/aromatic N) is 1. The molecule has 1 unspecified atom stereocenters. The summed E-state index contributed by atoms with van der Waals surface area (Å²) in [6.07, 6.45) is 0.777. The van der Waals surface area contributed by atoms with E-state index in [4.69, 9.17) is 9.84 Å². The topological polar surface area (TPSA) is 49.8 Å². The number of rotatable bonds is 6. The van der Waals surface area contributed by atoms with Gasteiger partial charge < -0.3 is 14.7 Å². The molecule has 0 amide bonds. The van der Waals surface area contributed by atoms with Gasteiger partial charge in [0.1, 0.15) is 0 Å². The van der Waals surface area contributed by atoms with Crippen molar-refractivity contribution in [2.45, 2.75) is 20.3 Å². The third-order valence-electron chi connectivity index (χ3n) is 2.62. The van der Waals surface area contributed by atoms with E-state index in [0.29, 0.717) is 19.1 Å². The number of likely N-dealkylation sites (tertiary alicyclic amines) is 1. The van der Waals surface area contributed by atoms with Gasteiger partial charge in [0, 0.05) is 19.7 Å². The van der Waals surface area contributed by atoms with Gasteiger partial charge in [0.05, 0.1) is 12.5 Å². The molecule has 4 heteroatoms. The Balaban J connectivity index is 2.06. The molecule has 88 valence electrons. The number of hydrogen-bond donors (Lipinski definition) is 1. The van der Waals surface area contributed by atoms with Gasteiger partial charge in [-0.3, -0.25) is 4.79 Å². The Hall–Kier alpha value is -0.610. The van der Waals surface area contributed by atoms with E-state index < -0.39 is 5.97 Å². The number of ether oxygens (including phenoxy) is 1. The summed E-state index contributed by atoms with van der Waals surface area (Å²) in [5, 5.41) is 8.82. The summed E-state index contributed by atoms with van der Waals surface area (Å²) in [4.78, 5) is 12.9. The normalized spacial score (nSPS) is 22.5. The summed E-state index contributed by atoms with van der Waals surface area (Å²) in [6, 6.07) is 0. The van der Waals surface area contributed by atoms with Crippen LogP contribution in [0.1, 0.15) is 20.3 Å². The lowest BCUT2D eigenvalue weighted by Crippen LogP contribution is -2.27. The molecule has 0 aromatic heterocycles. The smallest absolute Gasteiger partial charge is 0.307 e. The molecule has 1 aliphatic heterocycles. The van der Waals surface area contributed by atoms with Gasteiger partial charge in [0.2, 0.25) is 0 Å². The molecular weight excluding hydrogens is 194 g/mol. The molecule has 1 fully saturated rings. The maximum atomic E-state index is 10.7. The molecule has 0 spiro atoms. The molecule has 0 aromatic carbocycles. The number of carbonyl (C=O) groups is 1. The first kappa shape index (κ1) is 12.5. The molecule has 1 atom stereocenters. The predicted molar refractivity (Wildman–Crippen MR) is 57.8 cm³/mol. The second-order valence-electron chi connectivity index (χ2n) is 4.59. The number of carboxylic acids is 1. The molecule has 0 radical (unpaired) electrons. The molecule has 0 aliphatic carbocycles. The van der Waals surface area contributed by atoms with Crippen LogP contribution in [-0.4, -0.2) is 48.8 Å². The highest BCUT2D eigenvalue weighted by Crippen LogP contribution is 2.15. The van der Waals surface area contributed by atoms with Crippen molar-refractivity contribution in [3.63, 3.8) is 0 Å². The summed E-state index contributed by atoms with van der Waals surface area (Å²) in [5.41, 5.74) is 0. The molecule has 0 aromatic rings. The van der Waals surface area contributed by atoms with E-state index in [1.807, 2.05) is 0 Å². The highest BCUT2D eigenvalue weighted by Gasteiger charge is 2.27. The third-order valence-corrected chi connectivity index (χ3v) is 2.62. The second kappa shape index (κ2) is 6.08. The van der Waals surface area contributed by atoms with Crippen LogP contribution in [0.4, 0.5) is 0 Å². The molecule has 1 saturated heterocycles. The molecule has 1 aliphatic rings. The zero-order valence-electron chi connectivity index (χ0n) is 9.61. The van der Waals surface area contributed by atoms with E-state index in [9.17, 15) is 4.79 Å². The number of carboxylic acid groups (broad SMARTS) is 1. The number of aliphatic carboxylic acids is 1. The average molecular weight is 215 g/mol. The van der Waals surface area contributed by atoms with Crippen molar-refractivity contribution < 1.29 is 14.6 Å². The van der Waals surface area contributed by atoms with E-state index in [1.54, 1.807) is 0 Å². The minimum Gasteiger partial charge on any atom is -0.481 e. The molecule has 0 bridgehead atoms. The van der Waals surface area contributed by atoms with Crippen LogP contribution in [0, 0.1) is 11.8 Å². The second-order valence-corrected chi connectivity index (χ2v) is 4.59. The van der Waals surface area contributed by atoms with E-state index >= 15 is 0 Å². The van der Waals surface area contributed by atoms with Crippen molar-refractivity contribution in [1.29, 1.82) is 0 Å². The molecule has 15 heavy (non-hydrogen) atoms. The number of hydrogen-bond acceptors (Lipinski definition) is 3. The SMILES string of the molecule is CC(C)COCCN1CCC(C(=O)O)C1. The fraction of sp³-hybridized carbons (Fsp3) is 0.909. The summed E-state index contributed by atoms with van der Waals surface area (Å²) in [7, 11) is 0. The molecule has 1 heterocycles. The van der Waals surface area contributed by atoms with Crippen LogP contribution in [0.2, 0.25) is 0 Å². The van der Waals surface area contributed by atoms with Crippen LogP contribution in [-0.2, 0) is 9.53 Å². The third kappa shape index (κ3) is 4.62. The Morgan fingerprint density at radius 2 is 2.33 bits per heavy atom. The lowest BCUT2D eigenvalue weighted by Gasteiger charge is -2.15. The average Bonchev–Trinajstić information content (AvgIpc) is 2.60. The van der Waals surface area contributed by atoms with Crippen LogP contribution < -0.4 is 0 Å². The van der Waals surface area contributed by atoms with Crippen molar-refractivity contribution in [3.8, 4) is 0 Å². The molecular formula is C11H21NO3. The van der Waals surface area contributed by atoms with Gasteiger partial charge in [-0.25, -0.2) is 0 Å². The molecule has 4 nitrogen and oxygen atoms in total. The van der Waals surface area contributed by atoms with Gasteiger partial charge in [-0.05, 0) is 18.9 Å². The summed E-state index contributed by atoms with van der Waals surface area (Å²) >= 11 is 0. The van der Waals surface area contributed by atoms with Gasteiger partial charge in [0.15, 0.2) is 0 Å². The maximum absolute atomic E-state index is 10.7. The first-order valence-corrected chi connectivity index (χ1v) is 5.62. The highest BCUT2D eigenvalue weighted by atomic mass is 16.5. The van der Waals surface area contributed by atoms with E-state index in [0.717, 1.165) is 26.1 Å². The van der Waals surface area contributed by atoms with Gasteiger partial charge in [0.25, 0.3) is 0 Å². The van der Waals surface area contributed by atoms with Gasteiger partial charge in [-0.15, -0.1) is 0 Å². The van der Waals surface area contributed by atoms with Crippen LogP contribution in [0.25, 0.3) is 0 Å². The summed E-state index contributed by atoms with van der Waals surface area (Å²) < 4.78 is 5.46. The Bertz CT molecular complexity index is 206. The largest absolute Gasteiger partial charge is 0.481 e. The van der Waals surface area contributed by atoms with Crippen molar-refractivity contribution in [1.82, 2.24) is 4.90 Å². The van der Waals surface area contributed by atoms with Crippen molar-refractivity contribution >= 4 is 5.97 Å². The minimum atomic E-state index is -0.666. The lowest BCUT2D eigenvalue weighted by atomic mass is 10.1. The van der Waals surface area contributed by atoms with Crippen LogP contribution in [0.3, 0.4) is 0 Å². The van der Waals surface area contributed by atoms with Gasteiger partial charge >= 0.3 is 5.97 Å². The Morgan fingerprint density at radius 1 is 1.60 bits per heavy atom. The van der Waals surface area contributed by atoms with Gasteiger partial charge in [-0.1, -0.05) is 13.8 Å². The maximum Gasteiger partial charge on any atom is 0.307 e. The minimum absolute atomic E-state index is 0.171. The predicted octanol–water partition coefficient (Wildman–Crippen LogP) is 1.07. The zero-order valence-corrected chi connectivity index (χ0v) is 9.61. The Kier molecular flexibility index (Phi) is 5.05. The van der Waals surface area contributed by atoms with Crippen molar-refractivity contribution in [3.05, 3.63) is 0 Å². The highest BCUT2D eigenvalue weighted by molar-refractivity contribution is 5.70. The van der Waals surface area contributed by atoms with Crippen LogP contribution in [0.15, 0.2) is 0 Å². The fourth-order valence-corrected chi connectivity index (χ4v) is 1.75. The van der Waals surface area contributed by atoms with Gasteiger partial charge in [-0.2, -0.15) is 0 Å². The molecule has 0 saturated carbocycles. The molecule has 1 N–H and O–H groups in total. The monoisotopic (exact) mass is 215 g/mol. The standard InChI is InChI=1S/C11H21NO3/c1-9(2)8-15-6-5-12-4-3-10(7-12)11(13)14/h9-10H,3-8H2,1-2H3,(H,13,14). The quantitative estimate of drug-likeness (QED) is 0.673. The molecule has 1 rings (SSSR count). The van der Waals surface area contributed by atoms with Crippen molar-refractivity contribution in [2.75, 3.05) is 32.8 Å². The van der Waals surface area contributed by atoms with E-state index in [2.05, 4.69) is 18.7 Å².